The number of hydrogen-bond acceptors (Lipinski definition) is 7. The fourth-order valence-corrected chi connectivity index (χ4v) is 4.18. The number of ketones is 1. The molecule has 3 atom stereocenters. The van der Waals surface area contributed by atoms with E-state index in [9.17, 15) is 14.7 Å². The van der Waals surface area contributed by atoms with Gasteiger partial charge in [0.2, 0.25) is 0 Å². The summed E-state index contributed by atoms with van der Waals surface area (Å²) in [5, 5.41) is 10.2. The number of carbonyl (C=O) groups excluding carboxylic acids is 2. The summed E-state index contributed by atoms with van der Waals surface area (Å²) in [7, 11) is 1.39. The number of pyridine rings is 1. The number of benzene rings is 2. The molecular formula is C30H33NO6. The van der Waals surface area contributed by atoms with E-state index in [1.54, 1.807) is 6.92 Å². The van der Waals surface area contributed by atoms with E-state index in [1.807, 2.05) is 43.3 Å². The van der Waals surface area contributed by atoms with Gasteiger partial charge in [0.1, 0.15) is 12.2 Å². The predicted molar refractivity (Wildman–Crippen MR) is 139 cm³/mol. The van der Waals surface area contributed by atoms with Crippen LogP contribution in [0.1, 0.15) is 55.3 Å². The summed E-state index contributed by atoms with van der Waals surface area (Å²) < 4.78 is 17.1. The molecule has 0 amide bonds. The van der Waals surface area contributed by atoms with Crippen LogP contribution in [-0.2, 0) is 14.3 Å². The summed E-state index contributed by atoms with van der Waals surface area (Å²) in [5.41, 5.74) is 2.95. The molecule has 0 spiro atoms. The Morgan fingerprint density at radius 1 is 1.03 bits per heavy atom. The highest BCUT2D eigenvalue weighted by molar-refractivity contribution is 5.99. The second-order valence-electron chi connectivity index (χ2n) is 9.57. The number of rotatable bonds is 12. The molecule has 0 saturated heterocycles. The monoisotopic (exact) mass is 503 g/mol. The van der Waals surface area contributed by atoms with E-state index in [0.29, 0.717) is 12.5 Å². The summed E-state index contributed by atoms with van der Waals surface area (Å²) in [5.74, 6) is -1.36. The highest BCUT2D eigenvalue weighted by atomic mass is 16.6. The zero-order chi connectivity index (χ0) is 26.4. The molecule has 0 unspecified atom stereocenters. The van der Waals surface area contributed by atoms with E-state index >= 15 is 0 Å². The third-order valence-corrected chi connectivity index (χ3v) is 6.52. The molecule has 1 saturated carbocycles. The van der Waals surface area contributed by atoms with Crippen molar-refractivity contribution in [1.82, 2.24) is 4.98 Å². The fourth-order valence-electron chi connectivity index (χ4n) is 4.18. The minimum atomic E-state index is -0.734. The smallest absolute Gasteiger partial charge is 0.309 e. The van der Waals surface area contributed by atoms with Crippen molar-refractivity contribution in [3.05, 3.63) is 78.1 Å². The van der Waals surface area contributed by atoms with E-state index in [1.165, 1.54) is 19.4 Å². The number of nitrogens with zero attached hydrogens (tertiary/aromatic N) is 1. The number of Topliss-reactive ketones (excluding diaryl/α,β-unsaturated/α-hetero) is 1. The van der Waals surface area contributed by atoms with Crippen molar-refractivity contribution in [2.24, 2.45) is 11.8 Å². The van der Waals surface area contributed by atoms with E-state index in [-0.39, 0.29) is 23.6 Å². The molecule has 7 nitrogen and oxygen atoms in total. The molecule has 37 heavy (non-hydrogen) atoms. The SMILES string of the molecule is COc1ccnc(C(=O)C[C@@H](C)C(=O)O[C@@H](C)[C@H](OCC2CC2)c2cccc(-c3ccccc3)c2)c1O. The molecule has 7 heteroatoms. The molecule has 1 aromatic heterocycles. The van der Waals surface area contributed by atoms with E-state index < -0.39 is 29.9 Å². The first-order valence-corrected chi connectivity index (χ1v) is 12.6. The normalized spacial score (nSPS) is 15.4. The zero-order valence-electron chi connectivity index (χ0n) is 21.4. The molecule has 0 bridgehead atoms. The van der Waals surface area contributed by atoms with Gasteiger partial charge < -0.3 is 19.3 Å². The number of carbonyl (C=O) groups is 2. The van der Waals surface area contributed by atoms with Gasteiger partial charge in [0.05, 0.1) is 19.6 Å². The third kappa shape index (κ3) is 6.74. The quantitative estimate of drug-likeness (QED) is 0.248. The van der Waals surface area contributed by atoms with Crippen LogP contribution < -0.4 is 4.74 Å². The number of aromatic hydroxyl groups is 1. The van der Waals surface area contributed by atoms with Gasteiger partial charge in [-0.25, -0.2) is 4.98 Å². The molecule has 1 aliphatic carbocycles. The molecule has 4 rings (SSSR count). The van der Waals surface area contributed by atoms with Gasteiger partial charge in [-0.05, 0) is 48.4 Å². The van der Waals surface area contributed by atoms with Gasteiger partial charge >= 0.3 is 5.97 Å². The van der Waals surface area contributed by atoms with Gasteiger partial charge in [-0.3, -0.25) is 9.59 Å². The molecule has 194 valence electrons. The molecule has 0 radical (unpaired) electrons. The Labute approximate surface area is 217 Å². The lowest BCUT2D eigenvalue weighted by molar-refractivity contribution is -0.161. The molecule has 1 N–H and O–H groups in total. The summed E-state index contributed by atoms with van der Waals surface area (Å²) in [4.78, 5) is 29.7. The maximum absolute atomic E-state index is 13.0. The number of methoxy groups -OCH3 is 1. The Hall–Kier alpha value is -3.71. The number of hydrogen-bond donors (Lipinski definition) is 1. The lowest BCUT2D eigenvalue weighted by Crippen LogP contribution is -2.29. The number of ether oxygens (including phenoxy) is 3. The van der Waals surface area contributed by atoms with Crippen molar-refractivity contribution in [3.63, 3.8) is 0 Å². The van der Waals surface area contributed by atoms with Crippen molar-refractivity contribution in [2.45, 2.75) is 45.3 Å². The zero-order valence-corrected chi connectivity index (χ0v) is 21.4. The van der Waals surface area contributed by atoms with Gasteiger partial charge in [-0.2, -0.15) is 0 Å². The molecule has 0 aliphatic heterocycles. The van der Waals surface area contributed by atoms with Gasteiger partial charge in [-0.15, -0.1) is 0 Å². The van der Waals surface area contributed by atoms with Crippen molar-refractivity contribution >= 4 is 11.8 Å². The predicted octanol–water partition coefficient (Wildman–Crippen LogP) is 5.77. The van der Waals surface area contributed by atoms with Gasteiger partial charge in [0.25, 0.3) is 0 Å². The molecule has 3 aromatic rings. The maximum atomic E-state index is 13.0. The van der Waals surface area contributed by atoms with Crippen LogP contribution >= 0.6 is 0 Å². The summed E-state index contributed by atoms with van der Waals surface area (Å²) in [6, 6.07) is 19.6. The number of aromatic nitrogens is 1. The second kappa shape index (κ2) is 12.0. The van der Waals surface area contributed by atoms with E-state index in [2.05, 4.69) is 23.2 Å². The minimum absolute atomic E-state index is 0.129. The third-order valence-electron chi connectivity index (χ3n) is 6.52. The Morgan fingerprint density at radius 2 is 1.76 bits per heavy atom. The highest BCUT2D eigenvalue weighted by Crippen LogP contribution is 2.34. The van der Waals surface area contributed by atoms with Crippen LogP contribution in [0.3, 0.4) is 0 Å². The molecule has 1 aliphatic rings. The van der Waals surface area contributed by atoms with Crippen LogP contribution in [0.4, 0.5) is 0 Å². The van der Waals surface area contributed by atoms with Crippen LogP contribution in [0.5, 0.6) is 11.5 Å². The first-order valence-electron chi connectivity index (χ1n) is 12.6. The average molecular weight is 504 g/mol. The Morgan fingerprint density at radius 3 is 2.46 bits per heavy atom. The minimum Gasteiger partial charge on any atom is -0.503 e. The molecule has 1 heterocycles. The van der Waals surface area contributed by atoms with Crippen molar-refractivity contribution < 1.29 is 28.9 Å². The maximum Gasteiger partial charge on any atom is 0.309 e. The van der Waals surface area contributed by atoms with Gasteiger partial charge in [0.15, 0.2) is 23.0 Å². The highest BCUT2D eigenvalue weighted by Gasteiger charge is 2.30. The Kier molecular flexibility index (Phi) is 8.56. The topological polar surface area (TPSA) is 95.0 Å². The number of esters is 1. The van der Waals surface area contributed by atoms with Crippen LogP contribution in [0.15, 0.2) is 66.9 Å². The second-order valence-corrected chi connectivity index (χ2v) is 9.57. The van der Waals surface area contributed by atoms with Crippen LogP contribution in [0.25, 0.3) is 11.1 Å². The largest absolute Gasteiger partial charge is 0.503 e. The molecule has 2 aromatic carbocycles. The summed E-state index contributed by atoms with van der Waals surface area (Å²) in [6.07, 6.45) is 2.50. The van der Waals surface area contributed by atoms with E-state index in [0.717, 1.165) is 29.5 Å². The fraction of sp³-hybridized carbons (Fsp3) is 0.367. The first-order chi connectivity index (χ1) is 17.9. The van der Waals surface area contributed by atoms with Gasteiger partial charge in [0, 0.05) is 18.7 Å². The average Bonchev–Trinajstić information content (AvgIpc) is 3.74. The van der Waals surface area contributed by atoms with Gasteiger partial charge in [-0.1, -0.05) is 55.5 Å². The first kappa shape index (κ1) is 26.4. The van der Waals surface area contributed by atoms with Crippen LogP contribution in [-0.4, -0.2) is 41.7 Å². The lowest BCUT2D eigenvalue weighted by atomic mass is 9.98. The Bertz CT molecular complexity index is 1220. The van der Waals surface area contributed by atoms with Crippen LogP contribution in [0, 0.1) is 11.8 Å². The van der Waals surface area contributed by atoms with Crippen molar-refractivity contribution in [1.29, 1.82) is 0 Å². The van der Waals surface area contributed by atoms with Crippen molar-refractivity contribution in [2.75, 3.05) is 13.7 Å². The molecule has 1 fully saturated rings. The lowest BCUT2D eigenvalue weighted by Gasteiger charge is -2.26. The standard InChI is InChI=1S/C30H33NO6/c1-19(16-25(32)27-28(33)26(35-3)14-15-31-27)30(34)37-20(2)29(36-18-21-12-13-21)24-11-7-10-23(17-24)22-8-5-4-6-9-22/h4-11,14-15,17,19-21,29,33H,12-13,16,18H2,1-3H3/t19-,20+,29+/m1/s1. The van der Waals surface area contributed by atoms with E-state index in [4.69, 9.17) is 14.2 Å². The Balaban J connectivity index is 1.45. The van der Waals surface area contributed by atoms with Crippen LogP contribution in [0.2, 0.25) is 0 Å². The van der Waals surface area contributed by atoms with Crippen molar-refractivity contribution in [3.8, 4) is 22.6 Å². The molecular weight excluding hydrogens is 470 g/mol. The summed E-state index contributed by atoms with van der Waals surface area (Å²) >= 11 is 0. The summed E-state index contributed by atoms with van der Waals surface area (Å²) in [6.45, 7) is 4.05.